The van der Waals surface area contributed by atoms with Gasteiger partial charge in [0, 0.05) is 27.7 Å². The van der Waals surface area contributed by atoms with Crippen LogP contribution in [0.3, 0.4) is 0 Å². The van der Waals surface area contributed by atoms with Crippen LogP contribution in [0.1, 0.15) is 17.0 Å². The Morgan fingerprint density at radius 2 is 2.05 bits per heavy atom. The molecule has 0 atom stereocenters. The van der Waals surface area contributed by atoms with Crippen LogP contribution >= 0.6 is 11.6 Å². The molecule has 6 heteroatoms. The second-order valence-corrected chi connectivity index (χ2v) is 5.03. The minimum atomic E-state index is -0.582. The van der Waals surface area contributed by atoms with Crippen LogP contribution in [-0.2, 0) is 4.79 Å². The van der Waals surface area contributed by atoms with Gasteiger partial charge in [0.2, 0.25) is 0 Å². The van der Waals surface area contributed by atoms with E-state index < -0.39 is 12.5 Å². The number of halogens is 1. The Balaban J connectivity index is 2.29. The molecule has 1 heterocycles. The molecule has 2 N–H and O–H groups in total. The van der Waals surface area contributed by atoms with Crippen molar-refractivity contribution in [2.24, 2.45) is 5.10 Å². The third-order valence-electron chi connectivity index (χ3n) is 3.09. The molecule has 0 aliphatic carbocycles. The van der Waals surface area contributed by atoms with E-state index in [0.29, 0.717) is 5.02 Å². The van der Waals surface area contributed by atoms with E-state index >= 15 is 0 Å². The molecule has 1 amide bonds. The molecule has 0 unspecified atom stereocenters. The maximum Gasteiger partial charge on any atom is 0.265 e. The lowest BCUT2D eigenvalue weighted by molar-refractivity contribution is -0.123. The van der Waals surface area contributed by atoms with Gasteiger partial charge in [-0.3, -0.25) is 4.79 Å². The Morgan fingerprint density at radius 1 is 1.38 bits per heavy atom. The molecule has 21 heavy (non-hydrogen) atoms. The molecule has 1 aromatic carbocycles. The molecule has 0 saturated carbocycles. The van der Waals surface area contributed by atoms with Crippen LogP contribution in [0.15, 0.2) is 35.4 Å². The summed E-state index contributed by atoms with van der Waals surface area (Å²) in [5, 5.41) is 13.1. The molecule has 0 aliphatic rings. The molecule has 2 rings (SSSR count). The number of aliphatic hydroxyl groups excluding tert-OH is 1. The van der Waals surface area contributed by atoms with Gasteiger partial charge in [-0.2, -0.15) is 5.10 Å². The molecule has 2 aromatic rings. The molecule has 0 saturated heterocycles. The Bertz CT molecular complexity index is 675. The molecule has 0 spiro atoms. The number of hydrazone groups is 1. The smallest absolute Gasteiger partial charge is 0.265 e. The summed E-state index contributed by atoms with van der Waals surface area (Å²) in [6.07, 6.45) is 1.56. The van der Waals surface area contributed by atoms with Crippen LogP contribution in [0, 0.1) is 13.8 Å². The third kappa shape index (κ3) is 3.51. The number of hydrogen-bond acceptors (Lipinski definition) is 3. The molecule has 5 nitrogen and oxygen atoms in total. The van der Waals surface area contributed by atoms with Crippen molar-refractivity contribution in [3.63, 3.8) is 0 Å². The lowest BCUT2D eigenvalue weighted by Crippen LogP contribution is -2.20. The van der Waals surface area contributed by atoms with E-state index in [4.69, 9.17) is 16.7 Å². The van der Waals surface area contributed by atoms with E-state index in [9.17, 15) is 4.79 Å². The van der Waals surface area contributed by atoms with Gasteiger partial charge in [-0.25, -0.2) is 5.43 Å². The van der Waals surface area contributed by atoms with Crippen molar-refractivity contribution < 1.29 is 9.90 Å². The van der Waals surface area contributed by atoms with Crippen LogP contribution in [0.5, 0.6) is 0 Å². The van der Waals surface area contributed by atoms with E-state index in [1.165, 1.54) is 0 Å². The van der Waals surface area contributed by atoms with E-state index in [2.05, 4.69) is 15.1 Å². The molecule has 110 valence electrons. The Kier molecular flexibility index (Phi) is 4.77. The van der Waals surface area contributed by atoms with Crippen LogP contribution < -0.4 is 5.43 Å². The fourth-order valence-electron chi connectivity index (χ4n) is 2.11. The van der Waals surface area contributed by atoms with Gasteiger partial charge >= 0.3 is 0 Å². The monoisotopic (exact) mass is 305 g/mol. The highest BCUT2D eigenvalue weighted by Crippen LogP contribution is 2.21. The molecule has 1 aromatic heterocycles. The minimum absolute atomic E-state index is 0.544. The summed E-state index contributed by atoms with van der Waals surface area (Å²) in [4.78, 5) is 10.9. The molecule has 0 fully saturated rings. The van der Waals surface area contributed by atoms with Gasteiger partial charge in [0.05, 0.1) is 6.21 Å². The normalized spacial score (nSPS) is 11.0. The molecule has 0 aliphatic heterocycles. The van der Waals surface area contributed by atoms with Crippen LogP contribution in [0.4, 0.5) is 0 Å². The van der Waals surface area contributed by atoms with Crippen molar-refractivity contribution in [2.45, 2.75) is 13.8 Å². The highest BCUT2D eigenvalue weighted by atomic mass is 35.5. The van der Waals surface area contributed by atoms with Crippen molar-refractivity contribution in [3.05, 3.63) is 52.3 Å². The first kappa shape index (κ1) is 15.3. The highest BCUT2D eigenvalue weighted by Gasteiger charge is 2.09. The SMILES string of the molecule is Cc1cc(/C=N/NC(=O)CO)c(C)n1-c1ccc(Cl)cc1. The number of aromatic nitrogens is 1. The summed E-state index contributed by atoms with van der Waals surface area (Å²) in [7, 11) is 0. The highest BCUT2D eigenvalue weighted by molar-refractivity contribution is 6.30. The zero-order valence-corrected chi connectivity index (χ0v) is 12.6. The second kappa shape index (κ2) is 6.56. The van der Waals surface area contributed by atoms with Crippen LogP contribution in [0.2, 0.25) is 5.02 Å². The Labute approximate surface area is 127 Å². The van der Waals surface area contributed by atoms with Gasteiger partial charge in [-0.05, 0) is 44.2 Å². The largest absolute Gasteiger partial charge is 0.386 e. The zero-order chi connectivity index (χ0) is 15.4. The maximum atomic E-state index is 10.9. The number of nitrogens with zero attached hydrogens (tertiary/aromatic N) is 2. The fraction of sp³-hybridized carbons (Fsp3) is 0.200. The summed E-state index contributed by atoms with van der Waals surface area (Å²) in [6.45, 7) is 3.38. The predicted molar refractivity (Wildman–Crippen MR) is 83.1 cm³/mol. The first-order valence-electron chi connectivity index (χ1n) is 6.40. The standard InChI is InChI=1S/C15H16ClN3O2/c1-10-7-12(8-17-18-15(21)9-20)11(2)19(10)14-5-3-13(16)4-6-14/h3-8,20H,9H2,1-2H3,(H,18,21)/b17-8+. The number of amides is 1. The first-order chi connectivity index (χ1) is 10.0. The van der Waals surface area contributed by atoms with Gasteiger partial charge < -0.3 is 9.67 Å². The second-order valence-electron chi connectivity index (χ2n) is 4.59. The average Bonchev–Trinajstić information content (AvgIpc) is 2.75. The quantitative estimate of drug-likeness (QED) is 0.671. The number of aryl methyl sites for hydroxylation is 1. The summed E-state index contributed by atoms with van der Waals surface area (Å²) in [5.74, 6) is -0.544. The van der Waals surface area contributed by atoms with Crippen molar-refractivity contribution >= 4 is 23.7 Å². The van der Waals surface area contributed by atoms with Crippen molar-refractivity contribution in [2.75, 3.05) is 6.61 Å². The Hall–Kier alpha value is -2.11. The summed E-state index contributed by atoms with van der Waals surface area (Å²) < 4.78 is 2.07. The molecule has 0 bridgehead atoms. The van der Waals surface area contributed by atoms with Gasteiger partial charge in [-0.15, -0.1) is 0 Å². The van der Waals surface area contributed by atoms with Gasteiger partial charge in [0.15, 0.2) is 0 Å². The predicted octanol–water partition coefficient (Wildman–Crippen LogP) is 2.19. The number of benzene rings is 1. The van der Waals surface area contributed by atoms with Crippen molar-refractivity contribution in [1.82, 2.24) is 9.99 Å². The molecular weight excluding hydrogens is 290 g/mol. The Morgan fingerprint density at radius 3 is 2.67 bits per heavy atom. The fourth-order valence-corrected chi connectivity index (χ4v) is 2.24. The lowest BCUT2D eigenvalue weighted by atomic mass is 10.2. The minimum Gasteiger partial charge on any atom is -0.386 e. The van der Waals surface area contributed by atoms with E-state index in [1.54, 1.807) is 6.21 Å². The average molecular weight is 306 g/mol. The maximum absolute atomic E-state index is 10.9. The number of carbonyl (C=O) groups excluding carboxylic acids is 1. The number of rotatable bonds is 4. The van der Waals surface area contributed by atoms with E-state index in [1.807, 2.05) is 44.2 Å². The zero-order valence-electron chi connectivity index (χ0n) is 11.8. The van der Waals surface area contributed by atoms with Crippen molar-refractivity contribution in [1.29, 1.82) is 0 Å². The topological polar surface area (TPSA) is 66.6 Å². The summed E-state index contributed by atoms with van der Waals surface area (Å²) >= 11 is 5.90. The number of carbonyl (C=O) groups is 1. The number of aliphatic hydroxyl groups is 1. The summed E-state index contributed by atoms with van der Waals surface area (Å²) in [6, 6.07) is 9.53. The summed E-state index contributed by atoms with van der Waals surface area (Å²) in [5.41, 5.74) is 6.18. The van der Waals surface area contributed by atoms with Crippen molar-refractivity contribution in [3.8, 4) is 5.69 Å². The van der Waals surface area contributed by atoms with Gasteiger partial charge in [0.1, 0.15) is 6.61 Å². The van der Waals surface area contributed by atoms with E-state index in [-0.39, 0.29) is 0 Å². The number of hydrogen-bond donors (Lipinski definition) is 2. The lowest BCUT2D eigenvalue weighted by Gasteiger charge is -2.09. The third-order valence-corrected chi connectivity index (χ3v) is 3.34. The molecule has 0 radical (unpaired) electrons. The van der Waals surface area contributed by atoms with Gasteiger partial charge in [-0.1, -0.05) is 11.6 Å². The van der Waals surface area contributed by atoms with E-state index in [0.717, 1.165) is 22.6 Å². The molecular formula is C15H16ClN3O2. The van der Waals surface area contributed by atoms with Gasteiger partial charge in [0.25, 0.3) is 5.91 Å². The van der Waals surface area contributed by atoms with Crippen LogP contribution in [0.25, 0.3) is 5.69 Å². The number of nitrogens with one attached hydrogen (secondary N) is 1. The first-order valence-corrected chi connectivity index (χ1v) is 6.78. The van der Waals surface area contributed by atoms with Crippen LogP contribution in [-0.4, -0.2) is 28.4 Å².